The fraction of sp³-hybridized carbons (Fsp3) is 0.538. The molecule has 0 atom stereocenters. The Hall–Kier alpha value is -3.20. The number of methoxy groups -OCH3 is 1. The van der Waals surface area contributed by atoms with Crippen LogP contribution in [0.2, 0.25) is 0 Å². The molecular formula is C26H35N7O2. The summed E-state index contributed by atoms with van der Waals surface area (Å²) < 4.78 is 7.05. The first-order valence-electron chi connectivity index (χ1n) is 12.8. The second kappa shape index (κ2) is 11.0. The number of nitrogens with zero attached hydrogens (tertiary/aromatic N) is 6. The molecule has 186 valence electrons. The zero-order chi connectivity index (χ0) is 24.0. The van der Waals surface area contributed by atoms with Gasteiger partial charge in [-0.15, -0.1) is 15.3 Å². The number of likely N-dealkylation sites (tertiary alicyclic amines) is 1. The number of ether oxygens (including phenoxy) is 1. The second-order valence-electron chi connectivity index (χ2n) is 9.52. The van der Waals surface area contributed by atoms with Crippen molar-refractivity contribution in [2.75, 3.05) is 51.3 Å². The molecule has 0 spiro atoms. The van der Waals surface area contributed by atoms with Crippen molar-refractivity contribution in [1.29, 1.82) is 0 Å². The number of hydrogen-bond acceptors (Lipinski definition) is 7. The van der Waals surface area contributed by atoms with Gasteiger partial charge in [0.1, 0.15) is 11.6 Å². The molecule has 9 heteroatoms. The Bertz CT molecular complexity index is 1110. The third-order valence-electron chi connectivity index (χ3n) is 7.21. The number of rotatable bonds is 7. The number of carbonyl (C=O) groups is 1. The average Bonchev–Trinajstić information content (AvgIpc) is 3.15. The summed E-state index contributed by atoms with van der Waals surface area (Å²) in [7, 11) is 1.65. The predicted octanol–water partition coefficient (Wildman–Crippen LogP) is 3.01. The summed E-state index contributed by atoms with van der Waals surface area (Å²) in [6, 6.07) is 11.7. The van der Waals surface area contributed by atoms with Crippen LogP contribution in [0.3, 0.4) is 0 Å². The van der Waals surface area contributed by atoms with Crippen molar-refractivity contribution >= 4 is 17.4 Å². The lowest BCUT2D eigenvalue weighted by Crippen LogP contribution is -2.43. The molecule has 2 aliphatic heterocycles. The molecule has 1 N–H and O–H groups in total. The van der Waals surface area contributed by atoms with E-state index in [-0.39, 0.29) is 11.8 Å². The highest BCUT2D eigenvalue weighted by Gasteiger charge is 2.26. The fourth-order valence-electron chi connectivity index (χ4n) is 5.08. The standard InChI is InChI=1S/C26H35N7O2/c1-35-22-8-6-20(7-9-22)25-29-28-23-10-11-24(30-33(23)25)32-17-12-21(13-18-32)26(34)27-14-19-31-15-4-2-3-5-16-31/h6-11,21H,2-5,12-19H2,1H3,(H,27,34). The van der Waals surface area contributed by atoms with Crippen molar-refractivity contribution in [2.45, 2.75) is 38.5 Å². The number of fused-ring (bicyclic) bond motifs is 1. The molecule has 35 heavy (non-hydrogen) atoms. The molecule has 1 amide bonds. The van der Waals surface area contributed by atoms with Gasteiger partial charge in [-0.05, 0) is 75.2 Å². The van der Waals surface area contributed by atoms with Gasteiger partial charge in [-0.3, -0.25) is 4.79 Å². The molecule has 2 aliphatic rings. The molecule has 0 aliphatic carbocycles. The van der Waals surface area contributed by atoms with Crippen LogP contribution in [-0.4, -0.2) is 77.0 Å². The molecule has 0 bridgehead atoms. The van der Waals surface area contributed by atoms with Crippen molar-refractivity contribution in [3.8, 4) is 17.1 Å². The number of hydrogen-bond donors (Lipinski definition) is 1. The van der Waals surface area contributed by atoms with Crippen LogP contribution in [0, 0.1) is 5.92 Å². The minimum absolute atomic E-state index is 0.0730. The first kappa shape index (κ1) is 23.5. The molecule has 0 saturated carbocycles. The molecule has 2 saturated heterocycles. The largest absolute Gasteiger partial charge is 0.497 e. The van der Waals surface area contributed by atoms with Gasteiger partial charge in [-0.25, -0.2) is 0 Å². The number of nitrogens with one attached hydrogen (secondary N) is 1. The molecule has 9 nitrogen and oxygen atoms in total. The smallest absolute Gasteiger partial charge is 0.223 e. The Morgan fingerprint density at radius 3 is 2.43 bits per heavy atom. The van der Waals surface area contributed by atoms with Gasteiger partial charge < -0.3 is 19.9 Å². The third-order valence-corrected chi connectivity index (χ3v) is 7.21. The summed E-state index contributed by atoms with van der Waals surface area (Å²) in [6.07, 6.45) is 6.91. The van der Waals surface area contributed by atoms with Gasteiger partial charge in [-0.1, -0.05) is 12.8 Å². The normalized spacial score (nSPS) is 17.9. The van der Waals surface area contributed by atoms with Crippen LogP contribution >= 0.6 is 0 Å². The molecule has 2 aromatic heterocycles. The Morgan fingerprint density at radius 2 is 1.71 bits per heavy atom. The minimum atomic E-state index is 0.0730. The Morgan fingerprint density at radius 1 is 0.971 bits per heavy atom. The SMILES string of the molecule is COc1ccc(-c2nnc3ccc(N4CCC(C(=O)NCCN5CCCCCC5)CC4)nn23)cc1. The Balaban J connectivity index is 1.17. The van der Waals surface area contributed by atoms with Crippen LogP contribution in [0.15, 0.2) is 36.4 Å². The van der Waals surface area contributed by atoms with E-state index in [1.165, 1.54) is 25.7 Å². The number of benzene rings is 1. The van der Waals surface area contributed by atoms with Gasteiger partial charge in [-0.2, -0.15) is 4.52 Å². The van der Waals surface area contributed by atoms with Crippen LogP contribution in [0.1, 0.15) is 38.5 Å². The molecule has 3 aromatic rings. The van der Waals surface area contributed by atoms with Crippen LogP contribution in [0.25, 0.3) is 17.0 Å². The Labute approximate surface area is 206 Å². The monoisotopic (exact) mass is 477 g/mol. The van der Waals surface area contributed by atoms with E-state index in [0.717, 1.165) is 69.2 Å². The summed E-state index contributed by atoms with van der Waals surface area (Å²) in [5, 5.41) is 16.6. The topological polar surface area (TPSA) is 87.9 Å². The van der Waals surface area contributed by atoms with E-state index in [1.54, 1.807) is 11.6 Å². The molecule has 4 heterocycles. The number of carbonyl (C=O) groups excluding carboxylic acids is 1. The quantitative estimate of drug-likeness (QED) is 0.560. The van der Waals surface area contributed by atoms with Crippen molar-refractivity contribution in [3.05, 3.63) is 36.4 Å². The Kier molecular flexibility index (Phi) is 7.42. The van der Waals surface area contributed by atoms with Crippen LogP contribution in [0.4, 0.5) is 5.82 Å². The van der Waals surface area contributed by atoms with Crippen molar-refractivity contribution in [3.63, 3.8) is 0 Å². The molecule has 2 fully saturated rings. The third kappa shape index (κ3) is 5.56. The first-order chi connectivity index (χ1) is 17.2. The van der Waals surface area contributed by atoms with Crippen molar-refractivity contribution in [1.82, 2.24) is 30.0 Å². The van der Waals surface area contributed by atoms with E-state index in [4.69, 9.17) is 9.84 Å². The minimum Gasteiger partial charge on any atom is -0.497 e. The number of anilines is 1. The van der Waals surface area contributed by atoms with Gasteiger partial charge in [0.2, 0.25) is 5.91 Å². The van der Waals surface area contributed by atoms with E-state index in [2.05, 4.69) is 25.3 Å². The summed E-state index contributed by atoms with van der Waals surface area (Å²) in [6.45, 7) is 5.66. The fourth-order valence-corrected chi connectivity index (χ4v) is 5.08. The van der Waals surface area contributed by atoms with Gasteiger partial charge in [0, 0.05) is 37.7 Å². The lowest BCUT2D eigenvalue weighted by atomic mass is 9.96. The highest BCUT2D eigenvalue weighted by Crippen LogP contribution is 2.25. The summed E-state index contributed by atoms with van der Waals surface area (Å²) in [4.78, 5) is 17.5. The van der Waals surface area contributed by atoms with E-state index in [1.807, 2.05) is 36.4 Å². The van der Waals surface area contributed by atoms with Crippen molar-refractivity contribution < 1.29 is 9.53 Å². The van der Waals surface area contributed by atoms with Crippen LogP contribution in [-0.2, 0) is 4.79 Å². The van der Waals surface area contributed by atoms with Gasteiger partial charge in [0.05, 0.1) is 7.11 Å². The van der Waals surface area contributed by atoms with E-state index in [0.29, 0.717) is 11.5 Å². The van der Waals surface area contributed by atoms with Gasteiger partial charge >= 0.3 is 0 Å². The summed E-state index contributed by atoms with van der Waals surface area (Å²) >= 11 is 0. The molecular weight excluding hydrogens is 442 g/mol. The van der Waals surface area contributed by atoms with Crippen LogP contribution < -0.4 is 15.0 Å². The predicted molar refractivity (Wildman–Crippen MR) is 136 cm³/mol. The van der Waals surface area contributed by atoms with Gasteiger partial charge in [0.15, 0.2) is 11.5 Å². The summed E-state index contributed by atoms with van der Waals surface area (Å²) in [5.74, 6) is 2.65. The van der Waals surface area contributed by atoms with Crippen LogP contribution in [0.5, 0.6) is 5.75 Å². The number of piperidine rings is 1. The molecule has 0 unspecified atom stereocenters. The van der Waals surface area contributed by atoms with Crippen molar-refractivity contribution in [2.24, 2.45) is 5.92 Å². The first-order valence-corrected chi connectivity index (χ1v) is 12.8. The lowest BCUT2D eigenvalue weighted by Gasteiger charge is -2.32. The summed E-state index contributed by atoms with van der Waals surface area (Å²) in [5.41, 5.74) is 1.64. The molecule has 1 aromatic carbocycles. The molecule has 5 rings (SSSR count). The zero-order valence-corrected chi connectivity index (χ0v) is 20.5. The number of amides is 1. The van der Waals surface area contributed by atoms with Gasteiger partial charge in [0.25, 0.3) is 0 Å². The van der Waals surface area contributed by atoms with E-state index < -0.39 is 0 Å². The lowest BCUT2D eigenvalue weighted by molar-refractivity contribution is -0.125. The second-order valence-corrected chi connectivity index (χ2v) is 9.52. The molecule has 0 radical (unpaired) electrons. The highest BCUT2D eigenvalue weighted by molar-refractivity contribution is 5.79. The van der Waals surface area contributed by atoms with E-state index in [9.17, 15) is 4.79 Å². The average molecular weight is 478 g/mol. The maximum atomic E-state index is 12.7. The highest BCUT2D eigenvalue weighted by atomic mass is 16.5. The number of aromatic nitrogens is 4. The zero-order valence-electron chi connectivity index (χ0n) is 20.5. The maximum Gasteiger partial charge on any atom is 0.223 e. The van der Waals surface area contributed by atoms with E-state index >= 15 is 0 Å². The maximum absolute atomic E-state index is 12.7.